The molecule has 15 heavy (non-hydrogen) atoms. The van der Waals surface area contributed by atoms with Gasteiger partial charge in [-0.3, -0.25) is 0 Å². The first-order valence-electron chi connectivity index (χ1n) is 3.66. The molecule has 0 saturated carbocycles. The molecule has 0 aliphatic heterocycles. The van der Waals surface area contributed by atoms with Crippen LogP contribution in [0.2, 0.25) is 0 Å². The first kappa shape index (κ1) is 11.8. The molecule has 0 atom stereocenters. The van der Waals surface area contributed by atoms with Crippen LogP contribution < -0.4 is 4.74 Å². The lowest BCUT2D eigenvalue weighted by Gasteiger charge is -2.12. The molecule has 80 valence electrons. The highest BCUT2D eigenvalue weighted by molar-refractivity contribution is 9.10. The summed E-state index contributed by atoms with van der Waals surface area (Å²) in [6.07, 6.45) is -4.77. The fourth-order valence-corrected chi connectivity index (χ4v) is 1.50. The summed E-state index contributed by atoms with van der Waals surface area (Å²) in [7, 11) is 0. The van der Waals surface area contributed by atoms with E-state index in [1.54, 1.807) is 6.07 Å². The predicted molar refractivity (Wildman–Crippen MR) is 48.1 cm³/mol. The van der Waals surface area contributed by atoms with Crippen molar-refractivity contribution in [2.45, 2.75) is 13.3 Å². The summed E-state index contributed by atoms with van der Waals surface area (Å²) in [6, 6.07) is 2.88. The Morgan fingerprint density at radius 3 is 2.53 bits per heavy atom. The zero-order chi connectivity index (χ0) is 11.6. The van der Waals surface area contributed by atoms with Gasteiger partial charge in [0.05, 0.1) is 10.2 Å². The normalized spacial score (nSPS) is 10.9. The third-order valence-electron chi connectivity index (χ3n) is 1.43. The summed E-state index contributed by atoms with van der Waals surface area (Å²) < 4.78 is 39.6. The van der Waals surface area contributed by atoms with E-state index in [0.717, 1.165) is 6.07 Å². The first-order chi connectivity index (χ1) is 6.83. The molecular formula is C8H4BrF3N2O. The van der Waals surface area contributed by atoms with Crippen molar-refractivity contribution in [3.63, 3.8) is 0 Å². The van der Waals surface area contributed by atoms with Gasteiger partial charge in [0, 0.05) is 0 Å². The summed E-state index contributed by atoms with van der Waals surface area (Å²) in [4.78, 5) is 3.62. The lowest BCUT2D eigenvalue weighted by Crippen LogP contribution is -2.18. The smallest absolute Gasteiger partial charge is 0.403 e. The highest BCUT2D eigenvalue weighted by Crippen LogP contribution is 2.32. The van der Waals surface area contributed by atoms with Crippen LogP contribution in [-0.4, -0.2) is 11.3 Å². The molecule has 0 aliphatic rings. The molecule has 0 fully saturated rings. The molecular weight excluding hydrogens is 277 g/mol. The van der Waals surface area contributed by atoms with Gasteiger partial charge >= 0.3 is 6.36 Å². The number of ether oxygens (including phenoxy) is 1. The molecule has 0 N–H and O–H groups in total. The van der Waals surface area contributed by atoms with Crippen LogP contribution in [0.15, 0.2) is 10.5 Å². The van der Waals surface area contributed by atoms with Crippen molar-refractivity contribution in [2.75, 3.05) is 0 Å². The molecule has 0 spiro atoms. The minimum absolute atomic E-state index is 0.00162. The van der Waals surface area contributed by atoms with Crippen LogP contribution in [0.5, 0.6) is 5.75 Å². The second-order valence-corrected chi connectivity index (χ2v) is 3.42. The Morgan fingerprint density at radius 1 is 1.53 bits per heavy atom. The van der Waals surface area contributed by atoms with Crippen molar-refractivity contribution in [1.29, 1.82) is 5.26 Å². The van der Waals surface area contributed by atoms with Gasteiger partial charge in [0.1, 0.15) is 11.8 Å². The number of aryl methyl sites for hydroxylation is 1. The SMILES string of the molecule is Cc1nc(C#N)cc(Br)c1OC(F)(F)F. The average Bonchev–Trinajstić information content (AvgIpc) is 2.09. The zero-order valence-corrected chi connectivity index (χ0v) is 8.98. The topological polar surface area (TPSA) is 45.9 Å². The molecule has 1 aromatic heterocycles. The molecule has 0 radical (unpaired) electrons. The monoisotopic (exact) mass is 280 g/mol. The number of hydrogen-bond acceptors (Lipinski definition) is 3. The third kappa shape index (κ3) is 3.09. The fraction of sp³-hybridized carbons (Fsp3) is 0.250. The summed E-state index contributed by atoms with van der Waals surface area (Å²) in [5.74, 6) is -0.429. The Balaban J connectivity index is 3.16. The van der Waals surface area contributed by atoms with Gasteiger partial charge in [0.15, 0.2) is 5.75 Å². The van der Waals surface area contributed by atoms with Gasteiger partial charge in [-0.15, -0.1) is 13.2 Å². The average molecular weight is 281 g/mol. The second kappa shape index (κ2) is 4.06. The Morgan fingerprint density at radius 2 is 2.13 bits per heavy atom. The van der Waals surface area contributed by atoms with Crippen LogP contribution in [0.1, 0.15) is 11.4 Å². The summed E-state index contributed by atoms with van der Waals surface area (Å²) in [5, 5.41) is 8.51. The summed E-state index contributed by atoms with van der Waals surface area (Å²) in [6.45, 7) is 1.33. The van der Waals surface area contributed by atoms with Gasteiger partial charge < -0.3 is 4.74 Å². The highest BCUT2D eigenvalue weighted by Gasteiger charge is 2.33. The zero-order valence-electron chi connectivity index (χ0n) is 7.39. The maximum Gasteiger partial charge on any atom is 0.573 e. The van der Waals surface area contributed by atoms with Crippen molar-refractivity contribution in [3.05, 3.63) is 21.9 Å². The van der Waals surface area contributed by atoms with Crippen molar-refractivity contribution >= 4 is 15.9 Å². The minimum atomic E-state index is -4.77. The van der Waals surface area contributed by atoms with E-state index in [4.69, 9.17) is 5.26 Å². The number of aromatic nitrogens is 1. The lowest BCUT2D eigenvalue weighted by molar-refractivity contribution is -0.275. The molecule has 1 rings (SSSR count). The first-order valence-corrected chi connectivity index (χ1v) is 4.46. The van der Waals surface area contributed by atoms with Gasteiger partial charge in [-0.25, -0.2) is 4.98 Å². The molecule has 1 aromatic rings. The molecule has 0 aromatic carbocycles. The minimum Gasteiger partial charge on any atom is -0.403 e. The van der Waals surface area contributed by atoms with E-state index in [0.29, 0.717) is 0 Å². The lowest BCUT2D eigenvalue weighted by atomic mass is 10.3. The number of alkyl halides is 3. The van der Waals surface area contributed by atoms with Gasteiger partial charge in [0.2, 0.25) is 0 Å². The van der Waals surface area contributed by atoms with E-state index in [9.17, 15) is 13.2 Å². The van der Waals surface area contributed by atoms with Crippen LogP contribution >= 0.6 is 15.9 Å². The third-order valence-corrected chi connectivity index (χ3v) is 2.02. The number of hydrogen-bond donors (Lipinski definition) is 0. The van der Waals surface area contributed by atoms with Crippen LogP contribution in [0, 0.1) is 18.3 Å². The standard InChI is InChI=1S/C8H4BrF3N2O/c1-4-7(15-8(10,11)12)6(9)2-5(3-13)14-4/h2H,1H3. The van der Waals surface area contributed by atoms with Gasteiger partial charge in [-0.05, 0) is 28.9 Å². The largest absolute Gasteiger partial charge is 0.573 e. The molecule has 0 unspecified atom stereocenters. The second-order valence-electron chi connectivity index (χ2n) is 2.56. The van der Waals surface area contributed by atoms with E-state index < -0.39 is 12.1 Å². The molecule has 0 saturated heterocycles. The highest BCUT2D eigenvalue weighted by atomic mass is 79.9. The summed E-state index contributed by atoms with van der Waals surface area (Å²) in [5.41, 5.74) is 0.0205. The molecule has 1 heterocycles. The van der Waals surface area contributed by atoms with E-state index in [1.807, 2.05) is 0 Å². The van der Waals surface area contributed by atoms with Crippen LogP contribution in [-0.2, 0) is 0 Å². The van der Waals surface area contributed by atoms with Gasteiger partial charge in [-0.2, -0.15) is 5.26 Å². The van der Waals surface area contributed by atoms with Crippen molar-refractivity contribution in [3.8, 4) is 11.8 Å². The van der Waals surface area contributed by atoms with Gasteiger partial charge in [-0.1, -0.05) is 0 Å². The molecule has 7 heteroatoms. The fourth-order valence-electron chi connectivity index (χ4n) is 0.918. The molecule has 0 bridgehead atoms. The van der Waals surface area contributed by atoms with E-state index >= 15 is 0 Å². The van der Waals surface area contributed by atoms with Crippen LogP contribution in [0.3, 0.4) is 0 Å². The number of nitriles is 1. The molecule has 0 amide bonds. The number of pyridine rings is 1. The Kier molecular flexibility index (Phi) is 3.19. The van der Waals surface area contributed by atoms with Crippen molar-refractivity contribution in [1.82, 2.24) is 4.98 Å². The number of nitrogens with zero attached hydrogens (tertiary/aromatic N) is 2. The number of halogens is 4. The Bertz CT molecular complexity index is 402. The van der Waals surface area contributed by atoms with E-state index in [2.05, 4.69) is 25.7 Å². The molecule has 3 nitrogen and oxygen atoms in total. The molecule has 0 aliphatic carbocycles. The Labute approximate surface area is 91.6 Å². The van der Waals surface area contributed by atoms with E-state index in [1.165, 1.54) is 6.92 Å². The van der Waals surface area contributed by atoms with Crippen LogP contribution in [0.4, 0.5) is 13.2 Å². The predicted octanol–water partition coefficient (Wildman–Crippen LogP) is 2.92. The van der Waals surface area contributed by atoms with Crippen LogP contribution in [0.25, 0.3) is 0 Å². The van der Waals surface area contributed by atoms with Gasteiger partial charge in [0.25, 0.3) is 0 Å². The Hall–Kier alpha value is -1.29. The van der Waals surface area contributed by atoms with E-state index in [-0.39, 0.29) is 15.9 Å². The quantitative estimate of drug-likeness (QED) is 0.795. The number of rotatable bonds is 1. The maximum atomic E-state index is 11.9. The van der Waals surface area contributed by atoms with Crippen molar-refractivity contribution in [2.24, 2.45) is 0 Å². The summed E-state index contributed by atoms with van der Waals surface area (Å²) >= 11 is 2.88. The van der Waals surface area contributed by atoms with Crippen molar-refractivity contribution < 1.29 is 17.9 Å². The maximum absolute atomic E-state index is 11.9.